The first-order valence-electron chi connectivity index (χ1n) is 12.8. The van der Waals surface area contributed by atoms with Gasteiger partial charge in [0.2, 0.25) is 5.91 Å². The lowest BCUT2D eigenvalue weighted by molar-refractivity contribution is -0.125. The fourth-order valence-electron chi connectivity index (χ4n) is 4.54. The van der Waals surface area contributed by atoms with Crippen LogP contribution in [0.5, 0.6) is 0 Å². The van der Waals surface area contributed by atoms with Gasteiger partial charge in [-0.05, 0) is 66.1 Å². The van der Waals surface area contributed by atoms with Crippen LogP contribution in [0.25, 0.3) is 0 Å². The minimum Gasteiger partial charge on any atom is -0.352 e. The molecule has 0 spiro atoms. The first-order chi connectivity index (χ1) is 17.6. The number of nitrogens with one attached hydrogen (secondary N) is 1. The maximum atomic E-state index is 13.7. The van der Waals surface area contributed by atoms with Gasteiger partial charge >= 0.3 is 0 Å². The average molecular weight is 519 g/mol. The molecular formula is C31H35FN2O2S. The number of benzene rings is 3. The molecule has 4 nitrogen and oxygen atoms in total. The molecule has 0 aliphatic carbocycles. The number of hydrogen-bond acceptors (Lipinski definition) is 3. The Morgan fingerprint density at radius 2 is 1.65 bits per heavy atom. The van der Waals surface area contributed by atoms with Crippen molar-refractivity contribution in [1.29, 1.82) is 0 Å². The van der Waals surface area contributed by atoms with Crippen LogP contribution in [0.2, 0.25) is 0 Å². The third kappa shape index (κ3) is 6.61. The van der Waals surface area contributed by atoms with E-state index >= 15 is 0 Å². The van der Waals surface area contributed by atoms with Crippen molar-refractivity contribution in [3.8, 4) is 0 Å². The monoisotopic (exact) mass is 518 g/mol. The van der Waals surface area contributed by atoms with Crippen molar-refractivity contribution in [2.75, 3.05) is 5.75 Å². The highest BCUT2D eigenvalue weighted by Gasteiger charge is 2.43. The Bertz CT molecular complexity index is 1210. The number of carbonyl (C=O) groups excluding carboxylic acids is 2. The number of rotatable bonds is 7. The quantitative estimate of drug-likeness (QED) is 0.388. The fourth-order valence-corrected chi connectivity index (χ4v) is 5.97. The zero-order chi connectivity index (χ0) is 26.6. The Hall–Kier alpha value is -3.12. The van der Waals surface area contributed by atoms with Crippen molar-refractivity contribution in [2.24, 2.45) is 0 Å². The number of amides is 2. The Kier molecular flexibility index (Phi) is 8.38. The molecule has 194 valence electrons. The molecule has 1 aliphatic heterocycles. The molecule has 3 unspecified atom stereocenters. The van der Waals surface area contributed by atoms with Gasteiger partial charge in [-0.25, -0.2) is 4.39 Å². The van der Waals surface area contributed by atoms with Crippen LogP contribution in [-0.2, 0) is 16.6 Å². The summed E-state index contributed by atoms with van der Waals surface area (Å²) in [5.41, 5.74) is 3.80. The molecule has 1 N–H and O–H groups in total. The summed E-state index contributed by atoms with van der Waals surface area (Å²) >= 11 is 1.59. The molecule has 4 rings (SSSR count). The van der Waals surface area contributed by atoms with Gasteiger partial charge in [0.05, 0.1) is 0 Å². The predicted octanol–water partition coefficient (Wildman–Crippen LogP) is 6.52. The summed E-state index contributed by atoms with van der Waals surface area (Å²) in [6.45, 7) is 8.49. The maximum Gasteiger partial charge on any atom is 0.255 e. The van der Waals surface area contributed by atoms with Crippen molar-refractivity contribution in [2.45, 2.75) is 63.4 Å². The largest absolute Gasteiger partial charge is 0.352 e. The summed E-state index contributed by atoms with van der Waals surface area (Å²) < 4.78 is 13.6. The van der Waals surface area contributed by atoms with Gasteiger partial charge in [0.25, 0.3) is 5.91 Å². The molecule has 1 fully saturated rings. The third-order valence-electron chi connectivity index (χ3n) is 6.79. The molecule has 0 bridgehead atoms. The SMILES string of the molecule is CC(CCc1ccccc1)NC(=O)C1CSC(c2ccc(C(C)(C)C)cc2)N1C(=O)c1ccc(F)cc1. The summed E-state index contributed by atoms with van der Waals surface area (Å²) in [5.74, 6) is -0.330. The molecule has 37 heavy (non-hydrogen) atoms. The zero-order valence-electron chi connectivity index (χ0n) is 21.9. The Morgan fingerprint density at radius 1 is 1.00 bits per heavy atom. The van der Waals surface area contributed by atoms with Crippen molar-refractivity contribution < 1.29 is 14.0 Å². The Labute approximate surface area is 223 Å². The number of aryl methyl sites for hydroxylation is 1. The Morgan fingerprint density at radius 3 is 2.27 bits per heavy atom. The molecule has 0 radical (unpaired) electrons. The standard InChI is InChI=1S/C31H35FN2O2S/c1-21(10-11-22-8-6-5-7-9-22)33-28(35)27-20-37-30(24-12-16-25(17-13-24)31(2,3)4)34(27)29(36)23-14-18-26(32)19-15-23/h5-9,12-19,21,27,30H,10-11,20H2,1-4H3,(H,33,35). The van der Waals surface area contributed by atoms with Crippen LogP contribution in [0.3, 0.4) is 0 Å². The Balaban J connectivity index is 1.54. The molecule has 3 aromatic rings. The first kappa shape index (κ1) is 26.9. The van der Waals surface area contributed by atoms with Crippen LogP contribution in [0.1, 0.15) is 66.5 Å². The smallest absolute Gasteiger partial charge is 0.255 e. The van der Waals surface area contributed by atoms with E-state index in [1.807, 2.05) is 37.3 Å². The molecular weight excluding hydrogens is 483 g/mol. The van der Waals surface area contributed by atoms with Crippen LogP contribution in [0.15, 0.2) is 78.9 Å². The van der Waals surface area contributed by atoms with Gasteiger partial charge in [-0.15, -0.1) is 11.8 Å². The highest BCUT2D eigenvalue weighted by atomic mass is 32.2. The molecule has 1 aliphatic rings. The molecule has 0 saturated carbocycles. The van der Waals surface area contributed by atoms with Crippen LogP contribution >= 0.6 is 11.8 Å². The van der Waals surface area contributed by atoms with Crippen molar-refractivity contribution >= 4 is 23.6 Å². The van der Waals surface area contributed by atoms with E-state index < -0.39 is 11.9 Å². The van der Waals surface area contributed by atoms with E-state index in [0.29, 0.717) is 11.3 Å². The molecule has 3 aromatic carbocycles. The van der Waals surface area contributed by atoms with Gasteiger partial charge in [0.1, 0.15) is 17.2 Å². The number of carbonyl (C=O) groups is 2. The van der Waals surface area contributed by atoms with Gasteiger partial charge in [0.15, 0.2) is 0 Å². The minimum atomic E-state index is -0.617. The number of thioether (sulfide) groups is 1. The zero-order valence-corrected chi connectivity index (χ0v) is 22.7. The summed E-state index contributed by atoms with van der Waals surface area (Å²) in [5, 5.41) is 2.83. The summed E-state index contributed by atoms with van der Waals surface area (Å²) in [6, 6.07) is 23.4. The molecule has 3 atom stereocenters. The topological polar surface area (TPSA) is 49.4 Å². The molecule has 1 saturated heterocycles. The van der Waals surface area contributed by atoms with E-state index in [2.05, 4.69) is 50.4 Å². The van der Waals surface area contributed by atoms with Crippen molar-refractivity contribution in [3.05, 3.63) is 107 Å². The van der Waals surface area contributed by atoms with Gasteiger partial charge < -0.3 is 10.2 Å². The number of hydrogen-bond donors (Lipinski definition) is 1. The van der Waals surface area contributed by atoms with Gasteiger partial charge in [-0.1, -0.05) is 75.4 Å². The number of halogens is 1. The lowest BCUT2D eigenvalue weighted by atomic mass is 9.86. The van der Waals surface area contributed by atoms with E-state index in [-0.39, 0.29) is 28.6 Å². The van der Waals surface area contributed by atoms with Crippen LogP contribution < -0.4 is 5.32 Å². The molecule has 2 amide bonds. The highest BCUT2D eigenvalue weighted by Crippen LogP contribution is 2.43. The highest BCUT2D eigenvalue weighted by molar-refractivity contribution is 7.99. The molecule has 6 heteroatoms. The van der Waals surface area contributed by atoms with Crippen molar-refractivity contribution in [3.63, 3.8) is 0 Å². The van der Waals surface area contributed by atoms with Crippen LogP contribution in [-0.4, -0.2) is 34.6 Å². The second kappa shape index (κ2) is 11.5. The lowest BCUT2D eigenvalue weighted by Crippen LogP contribution is -2.50. The van der Waals surface area contributed by atoms with E-state index in [1.165, 1.54) is 35.4 Å². The van der Waals surface area contributed by atoms with Gasteiger partial charge in [-0.2, -0.15) is 0 Å². The maximum absolute atomic E-state index is 13.7. The fraction of sp³-hybridized carbons (Fsp3) is 0.355. The average Bonchev–Trinajstić information content (AvgIpc) is 3.33. The summed E-state index contributed by atoms with van der Waals surface area (Å²) in [4.78, 5) is 28.8. The van der Waals surface area contributed by atoms with Crippen LogP contribution in [0.4, 0.5) is 4.39 Å². The second-order valence-corrected chi connectivity index (χ2v) is 11.8. The number of nitrogens with zero attached hydrogens (tertiary/aromatic N) is 1. The third-order valence-corrected chi connectivity index (χ3v) is 8.11. The van der Waals surface area contributed by atoms with Gasteiger partial charge in [-0.3, -0.25) is 9.59 Å². The summed E-state index contributed by atoms with van der Waals surface area (Å²) in [7, 11) is 0. The predicted molar refractivity (Wildman–Crippen MR) is 149 cm³/mol. The van der Waals surface area contributed by atoms with E-state index in [9.17, 15) is 14.0 Å². The van der Waals surface area contributed by atoms with Crippen LogP contribution in [0, 0.1) is 5.82 Å². The van der Waals surface area contributed by atoms with E-state index in [0.717, 1.165) is 18.4 Å². The van der Waals surface area contributed by atoms with Crippen molar-refractivity contribution in [1.82, 2.24) is 10.2 Å². The second-order valence-electron chi connectivity index (χ2n) is 10.7. The van der Waals surface area contributed by atoms with Gasteiger partial charge in [0, 0.05) is 17.4 Å². The summed E-state index contributed by atoms with van der Waals surface area (Å²) in [6.07, 6.45) is 1.67. The van der Waals surface area contributed by atoms with E-state index in [1.54, 1.807) is 16.7 Å². The molecule has 1 heterocycles. The normalized spacial score (nSPS) is 18.5. The lowest BCUT2D eigenvalue weighted by Gasteiger charge is -2.30. The first-order valence-corrected chi connectivity index (χ1v) is 13.8. The minimum absolute atomic E-state index is 0.0171. The van der Waals surface area contributed by atoms with E-state index in [4.69, 9.17) is 0 Å². The molecule has 0 aromatic heterocycles.